The summed E-state index contributed by atoms with van der Waals surface area (Å²) in [5.41, 5.74) is 1.32. The van der Waals surface area contributed by atoms with Crippen molar-refractivity contribution in [3.63, 3.8) is 0 Å². The van der Waals surface area contributed by atoms with Gasteiger partial charge in [-0.3, -0.25) is 0 Å². The average Bonchev–Trinajstić information content (AvgIpc) is 2.96. The maximum Gasteiger partial charge on any atom is 0.337 e. The number of para-hydroxylation sites is 1. The number of nitrogens with zero attached hydrogens (tertiary/aromatic N) is 1. The third-order valence-corrected chi connectivity index (χ3v) is 5.26. The van der Waals surface area contributed by atoms with Crippen LogP contribution < -0.4 is 5.32 Å². The number of nitrogens with one attached hydrogen (secondary N) is 1. The number of fused-ring (bicyclic) bond motifs is 1. The lowest BCUT2D eigenvalue weighted by Crippen LogP contribution is -2.49. The predicted molar refractivity (Wildman–Crippen MR) is 109 cm³/mol. The Morgan fingerprint density at radius 1 is 1.35 bits per heavy atom. The predicted octanol–water partition coefficient (Wildman–Crippen LogP) is 3.71. The van der Waals surface area contributed by atoms with Crippen LogP contribution in [0.4, 0.5) is 0 Å². The summed E-state index contributed by atoms with van der Waals surface area (Å²) in [5.74, 6) is -0.504. The summed E-state index contributed by atoms with van der Waals surface area (Å²) >= 11 is 0. The first-order valence-corrected chi connectivity index (χ1v) is 8.84. The van der Waals surface area contributed by atoms with E-state index in [9.17, 15) is 15.0 Å². The summed E-state index contributed by atoms with van der Waals surface area (Å²) in [4.78, 5) is 11.5. The number of piperidine rings is 1. The fraction of sp³-hybridized carbons (Fsp3) is 0.526. The fourth-order valence-electron chi connectivity index (χ4n) is 3.92. The molecule has 0 aliphatic carbocycles. The Balaban J connectivity index is 0.00000169. The number of halogens is 2. The molecule has 3 atom stereocenters. The number of aliphatic hydroxyl groups excluding tert-OH is 1. The number of carboxylic acid groups (broad SMARTS) is 1. The van der Waals surface area contributed by atoms with E-state index < -0.39 is 5.97 Å². The Bertz CT molecular complexity index is 720. The largest absolute Gasteiger partial charge is 0.478 e. The molecule has 26 heavy (non-hydrogen) atoms. The molecule has 1 aliphatic heterocycles. The average molecular weight is 403 g/mol. The highest BCUT2D eigenvalue weighted by atomic mass is 35.5. The second kappa shape index (κ2) is 10.2. The number of aryl methyl sites for hydroxylation is 1. The highest BCUT2D eigenvalue weighted by Gasteiger charge is 2.29. The number of carbonyl (C=O) groups is 1. The molecule has 2 heterocycles. The number of aromatic nitrogens is 1. The summed E-state index contributed by atoms with van der Waals surface area (Å²) in [6.07, 6.45) is 5.27. The van der Waals surface area contributed by atoms with E-state index in [-0.39, 0.29) is 37.0 Å². The number of aromatic carboxylic acids is 1. The molecule has 0 saturated carbocycles. The van der Waals surface area contributed by atoms with Gasteiger partial charge in [-0.25, -0.2) is 4.79 Å². The number of hydrogen-bond acceptors (Lipinski definition) is 3. The number of benzene rings is 1. The molecule has 1 aromatic carbocycles. The van der Waals surface area contributed by atoms with Gasteiger partial charge in [-0.2, -0.15) is 0 Å². The van der Waals surface area contributed by atoms with E-state index in [0.29, 0.717) is 11.5 Å². The van der Waals surface area contributed by atoms with E-state index in [1.54, 1.807) is 6.20 Å². The van der Waals surface area contributed by atoms with E-state index in [1.807, 2.05) is 28.8 Å². The summed E-state index contributed by atoms with van der Waals surface area (Å²) in [5, 5.41) is 23.9. The smallest absolute Gasteiger partial charge is 0.337 e. The molecule has 1 aromatic heterocycles. The highest BCUT2D eigenvalue weighted by Crippen LogP contribution is 2.25. The van der Waals surface area contributed by atoms with Gasteiger partial charge in [0.1, 0.15) is 0 Å². The fourth-order valence-corrected chi connectivity index (χ4v) is 3.92. The van der Waals surface area contributed by atoms with Crippen molar-refractivity contribution in [2.24, 2.45) is 5.92 Å². The van der Waals surface area contributed by atoms with Gasteiger partial charge in [0.2, 0.25) is 0 Å². The Morgan fingerprint density at radius 3 is 2.73 bits per heavy atom. The van der Waals surface area contributed by atoms with Crippen LogP contribution in [0.1, 0.15) is 43.0 Å². The lowest BCUT2D eigenvalue weighted by atomic mass is 9.86. The molecular weight excluding hydrogens is 375 g/mol. The van der Waals surface area contributed by atoms with Gasteiger partial charge in [0.25, 0.3) is 0 Å². The zero-order valence-electron chi connectivity index (χ0n) is 14.9. The van der Waals surface area contributed by atoms with E-state index in [0.717, 1.165) is 49.7 Å². The topological polar surface area (TPSA) is 74.5 Å². The van der Waals surface area contributed by atoms with Crippen LogP contribution in [0, 0.1) is 5.92 Å². The van der Waals surface area contributed by atoms with Crippen LogP contribution in [0.25, 0.3) is 10.9 Å². The van der Waals surface area contributed by atoms with Gasteiger partial charge in [-0.05, 0) is 37.8 Å². The zero-order chi connectivity index (χ0) is 17.1. The Labute approximate surface area is 166 Å². The number of aliphatic hydroxyl groups is 1. The molecule has 7 heteroatoms. The van der Waals surface area contributed by atoms with Gasteiger partial charge in [-0.1, -0.05) is 31.5 Å². The van der Waals surface area contributed by atoms with Crippen molar-refractivity contribution in [3.8, 4) is 0 Å². The molecule has 1 saturated heterocycles. The Morgan fingerprint density at radius 2 is 2.08 bits per heavy atom. The first-order valence-electron chi connectivity index (χ1n) is 8.84. The summed E-state index contributed by atoms with van der Waals surface area (Å²) < 4.78 is 2.04. The molecule has 1 aliphatic rings. The van der Waals surface area contributed by atoms with Gasteiger partial charge in [0.05, 0.1) is 11.7 Å². The molecule has 1 fully saturated rings. The van der Waals surface area contributed by atoms with E-state index in [2.05, 4.69) is 12.2 Å². The first-order chi connectivity index (χ1) is 11.6. The lowest BCUT2D eigenvalue weighted by molar-refractivity contribution is 0.0632. The highest BCUT2D eigenvalue weighted by molar-refractivity contribution is 6.03. The third kappa shape index (κ3) is 4.71. The lowest BCUT2D eigenvalue weighted by Gasteiger charge is -2.35. The van der Waals surface area contributed by atoms with Crippen molar-refractivity contribution in [3.05, 3.63) is 36.0 Å². The molecule has 0 spiro atoms. The standard InChI is InChI=1S/C19H26N2O3.2ClH/c1-2-13(18-17(22)8-5-10-20-18)9-11-21-12-15(19(23)24)14-6-3-4-7-16(14)21;;/h3-4,6-7,12-13,17-18,20,22H,2,5,8-11H2,1H3,(H,23,24);2*1H. The van der Waals surface area contributed by atoms with Crippen LogP contribution in [0.15, 0.2) is 30.5 Å². The van der Waals surface area contributed by atoms with E-state index in [1.165, 1.54) is 0 Å². The van der Waals surface area contributed by atoms with Crippen molar-refractivity contribution in [1.82, 2.24) is 9.88 Å². The van der Waals surface area contributed by atoms with Crippen LogP contribution in [0.3, 0.4) is 0 Å². The molecule has 3 N–H and O–H groups in total. The molecule has 3 unspecified atom stereocenters. The molecule has 2 aromatic rings. The quantitative estimate of drug-likeness (QED) is 0.688. The Hall–Kier alpha value is -1.27. The Kier molecular flexibility index (Phi) is 8.90. The van der Waals surface area contributed by atoms with Crippen LogP contribution in [0.5, 0.6) is 0 Å². The van der Waals surface area contributed by atoms with Gasteiger partial charge in [0, 0.05) is 29.7 Å². The number of carboxylic acids is 1. The van der Waals surface area contributed by atoms with E-state index in [4.69, 9.17) is 0 Å². The molecule has 0 amide bonds. The minimum atomic E-state index is -0.888. The normalized spacial score (nSPS) is 20.8. The molecule has 5 nitrogen and oxygen atoms in total. The second-order valence-corrected chi connectivity index (χ2v) is 6.70. The minimum absolute atomic E-state index is 0. The van der Waals surface area contributed by atoms with Crippen molar-refractivity contribution in [2.75, 3.05) is 6.54 Å². The molecule has 146 valence electrons. The third-order valence-electron chi connectivity index (χ3n) is 5.26. The number of hydrogen-bond donors (Lipinski definition) is 3. The van der Waals surface area contributed by atoms with Crippen molar-refractivity contribution in [1.29, 1.82) is 0 Å². The maximum absolute atomic E-state index is 11.5. The second-order valence-electron chi connectivity index (χ2n) is 6.70. The summed E-state index contributed by atoms with van der Waals surface area (Å²) in [6, 6.07) is 7.78. The molecule has 3 rings (SSSR count). The number of rotatable bonds is 6. The summed E-state index contributed by atoms with van der Waals surface area (Å²) in [7, 11) is 0. The maximum atomic E-state index is 11.5. The zero-order valence-corrected chi connectivity index (χ0v) is 16.6. The van der Waals surface area contributed by atoms with Crippen molar-refractivity contribution >= 4 is 41.7 Å². The van der Waals surface area contributed by atoms with Crippen LogP contribution in [-0.2, 0) is 6.54 Å². The van der Waals surface area contributed by atoms with Crippen LogP contribution in [0.2, 0.25) is 0 Å². The summed E-state index contributed by atoms with van der Waals surface area (Å²) in [6.45, 7) is 3.88. The van der Waals surface area contributed by atoms with Crippen molar-refractivity contribution in [2.45, 2.75) is 51.3 Å². The van der Waals surface area contributed by atoms with Gasteiger partial charge >= 0.3 is 5.97 Å². The molecule has 0 radical (unpaired) electrons. The first kappa shape index (κ1) is 22.8. The van der Waals surface area contributed by atoms with Gasteiger partial charge in [0.15, 0.2) is 0 Å². The van der Waals surface area contributed by atoms with Gasteiger partial charge in [-0.15, -0.1) is 24.8 Å². The molecular formula is C19H28Cl2N2O3. The minimum Gasteiger partial charge on any atom is -0.478 e. The van der Waals surface area contributed by atoms with Gasteiger partial charge < -0.3 is 20.1 Å². The van der Waals surface area contributed by atoms with Crippen LogP contribution >= 0.6 is 24.8 Å². The van der Waals surface area contributed by atoms with Crippen LogP contribution in [-0.4, -0.2) is 39.4 Å². The monoisotopic (exact) mass is 402 g/mol. The molecule has 0 bridgehead atoms. The van der Waals surface area contributed by atoms with Crippen molar-refractivity contribution < 1.29 is 15.0 Å². The SMILES string of the molecule is CCC(CCn1cc(C(=O)O)c2ccccc21)C1NCCCC1O.Cl.Cl. The van der Waals surface area contributed by atoms with E-state index >= 15 is 0 Å².